The molecule has 0 bridgehead atoms. The Morgan fingerprint density at radius 1 is 0.667 bits per heavy atom. The van der Waals surface area contributed by atoms with Crippen molar-refractivity contribution >= 4 is 0 Å². The molecule has 18 heavy (non-hydrogen) atoms. The molecule has 1 aromatic rings. The number of hydrogen-bond donors (Lipinski definition) is 0. The van der Waals surface area contributed by atoms with Gasteiger partial charge in [0.15, 0.2) is 12.4 Å². The molecule has 1 aromatic heterocycles. The minimum atomic E-state index is 1.18. The zero-order valence-corrected chi connectivity index (χ0v) is 12.7. The minimum absolute atomic E-state index is 1.18. The number of nitrogens with zero attached hydrogens (tertiary/aromatic N) is 1. The highest BCUT2D eigenvalue weighted by Gasteiger charge is 1.97. The second kappa shape index (κ2) is 14.2. The van der Waals surface area contributed by atoms with Crippen LogP contribution < -0.4 is 4.57 Å². The Morgan fingerprint density at radius 2 is 1.17 bits per heavy atom. The SMILES string of the molecule is CC.CCCCCCCCCC[n+]1ccccc1. The summed E-state index contributed by atoms with van der Waals surface area (Å²) in [6.07, 6.45) is 15.5. The standard InChI is InChI=1S/C15H26N.C2H6/c1-2-3-4-5-6-7-8-10-13-16-14-11-9-12-15-16;1-2/h9,11-12,14-15H,2-8,10,13H2,1H3;1-2H3/q+1;. The van der Waals surface area contributed by atoms with Crippen molar-refractivity contribution in [2.45, 2.75) is 78.7 Å². The highest BCUT2D eigenvalue weighted by Crippen LogP contribution is 2.08. The number of aryl methyl sites for hydroxylation is 1. The summed E-state index contributed by atoms with van der Waals surface area (Å²) in [4.78, 5) is 0. The van der Waals surface area contributed by atoms with Crippen LogP contribution in [0.4, 0.5) is 0 Å². The third-order valence-corrected chi connectivity index (χ3v) is 3.05. The molecular weight excluding hydrogens is 218 g/mol. The van der Waals surface area contributed by atoms with Crippen LogP contribution in [-0.2, 0) is 6.54 Å². The largest absolute Gasteiger partial charge is 0.205 e. The normalized spacial score (nSPS) is 9.72. The number of hydrogen-bond acceptors (Lipinski definition) is 0. The predicted molar refractivity (Wildman–Crippen MR) is 80.6 cm³/mol. The molecule has 0 saturated carbocycles. The lowest BCUT2D eigenvalue weighted by Crippen LogP contribution is -2.32. The third kappa shape index (κ3) is 10.3. The van der Waals surface area contributed by atoms with Crippen molar-refractivity contribution in [1.29, 1.82) is 0 Å². The Bertz CT molecular complexity index is 243. The van der Waals surface area contributed by atoms with Gasteiger partial charge in [-0.1, -0.05) is 65.4 Å². The van der Waals surface area contributed by atoms with Gasteiger partial charge in [0.1, 0.15) is 6.54 Å². The van der Waals surface area contributed by atoms with E-state index in [-0.39, 0.29) is 0 Å². The van der Waals surface area contributed by atoms with E-state index in [1.54, 1.807) is 0 Å². The van der Waals surface area contributed by atoms with Crippen molar-refractivity contribution in [1.82, 2.24) is 0 Å². The van der Waals surface area contributed by atoms with Crippen molar-refractivity contribution < 1.29 is 4.57 Å². The van der Waals surface area contributed by atoms with Gasteiger partial charge in [-0.3, -0.25) is 0 Å². The fourth-order valence-electron chi connectivity index (χ4n) is 2.01. The number of unbranched alkanes of at least 4 members (excludes halogenated alkanes) is 7. The summed E-state index contributed by atoms with van der Waals surface area (Å²) >= 11 is 0. The first-order valence-corrected chi connectivity index (χ1v) is 7.87. The van der Waals surface area contributed by atoms with Crippen LogP contribution in [0.5, 0.6) is 0 Å². The van der Waals surface area contributed by atoms with Gasteiger partial charge in [0.2, 0.25) is 0 Å². The van der Waals surface area contributed by atoms with Crippen LogP contribution in [0.1, 0.15) is 72.1 Å². The van der Waals surface area contributed by atoms with Crippen LogP contribution in [0.25, 0.3) is 0 Å². The Labute approximate surface area is 114 Å². The van der Waals surface area contributed by atoms with E-state index in [1.807, 2.05) is 13.8 Å². The van der Waals surface area contributed by atoms with Gasteiger partial charge in [-0.15, -0.1) is 0 Å². The topological polar surface area (TPSA) is 3.88 Å². The lowest BCUT2D eigenvalue weighted by molar-refractivity contribution is -0.697. The molecule has 0 saturated heterocycles. The molecular formula is C17H32N+. The van der Waals surface area contributed by atoms with E-state index in [4.69, 9.17) is 0 Å². The lowest BCUT2D eigenvalue weighted by atomic mass is 10.1. The van der Waals surface area contributed by atoms with Crippen molar-refractivity contribution in [3.63, 3.8) is 0 Å². The van der Waals surface area contributed by atoms with Crippen LogP contribution in [-0.4, -0.2) is 0 Å². The summed E-state index contributed by atoms with van der Waals surface area (Å²) in [7, 11) is 0. The van der Waals surface area contributed by atoms with Gasteiger partial charge in [-0.05, 0) is 6.42 Å². The molecule has 0 atom stereocenters. The van der Waals surface area contributed by atoms with Crippen LogP contribution in [0.3, 0.4) is 0 Å². The molecule has 0 fully saturated rings. The van der Waals surface area contributed by atoms with Crippen LogP contribution in [0.2, 0.25) is 0 Å². The molecule has 1 nitrogen and oxygen atoms in total. The molecule has 0 aromatic carbocycles. The van der Waals surface area contributed by atoms with Crippen molar-refractivity contribution in [2.75, 3.05) is 0 Å². The van der Waals surface area contributed by atoms with E-state index in [0.717, 1.165) is 0 Å². The quantitative estimate of drug-likeness (QED) is 0.422. The molecule has 0 radical (unpaired) electrons. The molecule has 0 N–H and O–H groups in total. The van der Waals surface area contributed by atoms with E-state index >= 15 is 0 Å². The summed E-state index contributed by atoms with van der Waals surface area (Å²) < 4.78 is 2.27. The Kier molecular flexibility index (Phi) is 13.5. The first-order chi connectivity index (χ1) is 8.93. The summed E-state index contributed by atoms with van der Waals surface area (Å²) in [5.41, 5.74) is 0. The molecule has 0 aliphatic rings. The zero-order valence-electron chi connectivity index (χ0n) is 12.7. The highest BCUT2D eigenvalue weighted by atomic mass is 14.9. The lowest BCUT2D eigenvalue weighted by Gasteiger charge is -2.00. The van der Waals surface area contributed by atoms with E-state index < -0.39 is 0 Å². The molecule has 0 aliphatic carbocycles. The molecule has 0 amide bonds. The average molecular weight is 250 g/mol. The summed E-state index contributed by atoms with van der Waals surface area (Å²) in [5.74, 6) is 0. The zero-order chi connectivity index (χ0) is 13.5. The van der Waals surface area contributed by atoms with Crippen molar-refractivity contribution in [3.8, 4) is 0 Å². The van der Waals surface area contributed by atoms with E-state index in [0.29, 0.717) is 0 Å². The van der Waals surface area contributed by atoms with E-state index in [1.165, 1.54) is 57.9 Å². The summed E-state index contributed by atoms with van der Waals surface area (Å²) in [5, 5.41) is 0. The third-order valence-electron chi connectivity index (χ3n) is 3.05. The Balaban J connectivity index is 0.00000137. The van der Waals surface area contributed by atoms with Gasteiger partial charge in [0, 0.05) is 18.6 Å². The predicted octanol–water partition coefficient (Wildman–Crippen LogP) is 5.14. The molecule has 1 heterocycles. The monoisotopic (exact) mass is 250 g/mol. The smallest absolute Gasteiger partial charge is 0.168 e. The second-order valence-electron chi connectivity index (χ2n) is 4.59. The average Bonchev–Trinajstić information content (AvgIpc) is 2.45. The first kappa shape index (κ1) is 17.2. The van der Waals surface area contributed by atoms with Crippen LogP contribution in [0, 0.1) is 0 Å². The Hall–Kier alpha value is -0.850. The van der Waals surface area contributed by atoms with Gasteiger partial charge in [-0.2, -0.15) is 0 Å². The van der Waals surface area contributed by atoms with Gasteiger partial charge >= 0.3 is 0 Å². The van der Waals surface area contributed by atoms with Crippen LogP contribution in [0.15, 0.2) is 30.6 Å². The fraction of sp³-hybridized carbons (Fsp3) is 0.706. The molecule has 0 unspecified atom stereocenters. The summed E-state index contributed by atoms with van der Waals surface area (Å²) in [6.45, 7) is 7.45. The molecule has 104 valence electrons. The molecule has 1 heteroatoms. The van der Waals surface area contributed by atoms with Crippen LogP contribution >= 0.6 is 0 Å². The fourth-order valence-corrected chi connectivity index (χ4v) is 2.01. The number of rotatable bonds is 9. The van der Waals surface area contributed by atoms with E-state index in [2.05, 4.69) is 42.1 Å². The molecule has 0 spiro atoms. The highest BCUT2D eigenvalue weighted by molar-refractivity contribution is 4.83. The van der Waals surface area contributed by atoms with Gasteiger partial charge < -0.3 is 0 Å². The maximum atomic E-state index is 2.27. The van der Waals surface area contributed by atoms with E-state index in [9.17, 15) is 0 Å². The molecule has 0 aliphatic heterocycles. The number of aromatic nitrogens is 1. The number of pyridine rings is 1. The maximum absolute atomic E-state index is 2.27. The molecule has 1 rings (SSSR count). The van der Waals surface area contributed by atoms with Crippen molar-refractivity contribution in [3.05, 3.63) is 30.6 Å². The Morgan fingerprint density at radius 3 is 1.72 bits per heavy atom. The second-order valence-corrected chi connectivity index (χ2v) is 4.59. The van der Waals surface area contributed by atoms with Gasteiger partial charge in [0.25, 0.3) is 0 Å². The van der Waals surface area contributed by atoms with Gasteiger partial charge in [-0.25, -0.2) is 4.57 Å². The minimum Gasteiger partial charge on any atom is -0.205 e. The first-order valence-electron chi connectivity index (χ1n) is 7.87. The maximum Gasteiger partial charge on any atom is 0.168 e. The summed E-state index contributed by atoms with van der Waals surface area (Å²) in [6, 6.07) is 6.28. The van der Waals surface area contributed by atoms with Gasteiger partial charge in [0.05, 0.1) is 0 Å². The van der Waals surface area contributed by atoms with Crippen molar-refractivity contribution in [2.24, 2.45) is 0 Å².